The molecule has 8 nitrogen and oxygen atoms in total. The lowest BCUT2D eigenvalue weighted by molar-refractivity contribution is -0.605. The molecule has 2 aromatic heterocycles. The standard InChI is InChI=1S/C18H18ClF3N4O4S/c1-2-8-25(16(27)6-11-31(29,30)10-4-7-18(20,21)22)15-13-26(23-17(15)19)14-5-3-9-24(28)12-14/h1,3,5,9,12-13H,4,6-8,10-11H2. The van der Waals surface area contributed by atoms with Crippen LogP contribution in [0.3, 0.4) is 0 Å². The topological polar surface area (TPSA) is 99.2 Å². The van der Waals surface area contributed by atoms with Crippen molar-refractivity contribution >= 4 is 33.0 Å². The maximum absolute atomic E-state index is 12.6. The second kappa shape index (κ2) is 10.0. The molecule has 0 fully saturated rings. The van der Waals surface area contributed by atoms with Gasteiger partial charge in [-0.15, -0.1) is 6.42 Å². The fourth-order valence-electron chi connectivity index (χ4n) is 2.61. The second-order valence-corrected chi connectivity index (χ2v) is 9.14. The van der Waals surface area contributed by atoms with Crippen LogP contribution < -0.4 is 9.63 Å². The van der Waals surface area contributed by atoms with Crippen molar-refractivity contribution in [2.75, 3.05) is 23.0 Å². The van der Waals surface area contributed by atoms with Gasteiger partial charge in [0.1, 0.15) is 11.4 Å². The fourth-order valence-corrected chi connectivity index (χ4v) is 4.11. The molecule has 0 aliphatic rings. The summed E-state index contributed by atoms with van der Waals surface area (Å²) >= 11 is 6.11. The Labute approximate surface area is 181 Å². The third-order valence-electron chi connectivity index (χ3n) is 4.06. The molecule has 168 valence electrons. The largest absolute Gasteiger partial charge is 0.619 e. The highest BCUT2D eigenvalue weighted by atomic mass is 35.5. The van der Waals surface area contributed by atoms with Gasteiger partial charge in [-0.2, -0.15) is 23.0 Å². The summed E-state index contributed by atoms with van der Waals surface area (Å²) in [6, 6.07) is 3.05. The minimum absolute atomic E-state index is 0.0976. The number of aromatic nitrogens is 3. The summed E-state index contributed by atoms with van der Waals surface area (Å²) in [5.41, 5.74) is 0.450. The Hall–Kier alpha value is -2.78. The van der Waals surface area contributed by atoms with Crippen molar-refractivity contribution in [3.63, 3.8) is 0 Å². The van der Waals surface area contributed by atoms with Gasteiger partial charge in [-0.3, -0.25) is 9.69 Å². The predicted octanol–water partition coefficient (Wildman–Crippen LogP) is 2.27. The molecule has 0 aliphatic carbocycles. The van der Waals surface area contributed by atoms with Crippen LogP contribution >= 0.6 is 11.6 Å². The second-order valence-electron chi connectivity index (χ2n) is 6.48. The van der Waals surface area contributed by atoms with Crippen LogP contribution in [0, 0.1) is 17.6 Å². The molecule has 0 spiro atoms. The lowest BCUT2D eigenvalue weighted by atomic mass is 10.3. The molecule has 0 radical (unpaired) electrons. The van der Waals surface area contributed by atoms with Crippen molar-refractivity contribution in [1.82, 2.24) is 9.78 Å². The molecule has 13 heteroatoms. The Bertz CT molecular complexity index is 1080. The van der Waals surface area contributed by atoms with E-state index in [0.29, 0.717) is 10.4 Å². The molecule has 0 atom stereocenters. The lowest BCUT2D eigenvalue weighted by Gasteiger charge is -2.19. The number of rotatable bonds is 9. The predicted molar refractivity (Wildman–Crippen MR) is 107 cm³/mol. The Morgan fingerprint density at radius 2 is 2.10 bits per heavy atom. The number of nitrogens with zero attached hydrogens (tertiary/aromatic N) is 4. The van der Waals surface area contributed by atoms with Gasteiger partial charge in [-0.1, -0.05) is 17.5 Å². The highest BCUT2D eigenvalue weighted by Gasteiger charge is 2.28. The van der Waals surface area contributed by atoms with Crippen molar-refractivity contribution in [2.45, 2.75) is 25.4 Å². The van der Waals surface area contributed by atoms with E-state index < -0.39 is 52.7 Å². The van der Waals surface area contributed by atoms with Crippen LogP contribution in [0.4, 0.5) is 18.9 Å². The monoisotopic (exact) mass is 478 g/mol. The molecule has 31 heavy (non-hydrogen) atoms. The zero-order valence-corrected chi connectivity index (χ0v) is 17.6. The lowest BCUT2D eigenvalue weighted by Crippen LogP contribution is -2.33. The normalized spacial score (nSPS) is 11.8. The van der Waals surface area contributed by atoms with Crippen LogP contribution in [0.15, 0.2) is 30.7 Å². The number of hydrogen-bond donors (Lipinski definition) is 0. The Balaban J connectivity index is 2.12. The average Bonchev–Trinajstić information content (AvgIpc) is 3.04. The van der Waals surface area contributed by atoms with E-state index in [1.165, 1.54) is 29.3 Å². The first-order chi connectivity index (χ1) is 14.4. The number of anilines is 1. The van der Waals surface area contributed by atoms with Gasteiger partial charge in [0.15, 0.2) is 21.2 Å². The van der Waals surface area contributed by atoms with Gasteiger partial charge >= 0.3 is 6.18 Å². The maximum atomic E-state index is 12.6. The molecule has 0 saturated heterocycles. The Morgan fingerprint density at radius 1 is 1.39 bits per heavy atom. The number of amides is 1. The number of carbonyl (C=O) groups is 1. The smallest absolute Gasteiger partial charge is 0.389 e. The molecular weight excluding hydrogens is 461 g/mol. The quantitative estimate of drug-likeness (QED) is 0.313. The molecular formula is C18H18ClF3N4O4S. The molecule has 2 heterocycles. The van der Waals surface area contributed by atoms with Gasteiger partial charge in [-0.25, -0.2) is 13.1 Å². The average molecular weight is 479 g/mol. The van der Waals surface area contributed by atoms with Crippen molar-refractivity contribution in [3.05, 3.63) is 41.1 Å². The molecule has 0 saturated carbocycles. The fraction of sp³-hybridized carbons (Fsp3) is 0.389. The molecule has 2 rings (SSSR count). The van der Waals surface area contributed by atoms with E-state index in [4.69, 9.17) is 18.0 Å². The highest BCUT2D eigenvalue weighted by molar-refractivity contribution is 7.91. The highest BCUT2D eigenvalue weighted by Crippen LogP contribution is 2.26. The summed E-state index contributed by atoms with van der Waals surface area (Å²) in [6.07, 6.45) is 2.38. The van der Waals surface area contributed by atoms with Gasteiger partial charge in [0, 0.05) is 18.9 Å². The van der Waals surface area contributed by atoms with Crippen LogP contribution in [-0.2, 0) is 14.6 Å². The maximum Gasteiger partial charge on any atom is 0.389 e. The number of terminal acetylenes is 1. The third kappa shape index (κ3) is 7.45. The molecule has 0 aliphatic heterocycles. The summed E-state index contributed by atoms with van der Waals surface area (Å²) in [5.74, 6) is 0.255. The zero-order chi connectivity index (χ0) is 23.2. The minimum atomic E-state index is -4.45. The molecule has 0 unspecified atom stereocenters. The van der Waals surface area contributed by atoms with Crippen molar-refractivity contribution in [1.29, 1.82) is 0 Å². The SMILES string of the molecule is C#CCN(C(=O)CCS(=O)(=O)CCCC(F)(F)F)c1cn(-c2ccc[n+]([O-])c2)nc1Cl. The molecule has 0 N–H and O–H groups in total. The Morgan fingerprint density at radius 3 is 2.71 bits per heavy atom. The van der Waals surface area contributed by atoms with Gasteiger partial charge in [-0.05, 0) is 12.5 Å². The molecule has 1 amide bonds. The first kappa shape index (κ1) is 24.5. The number of sulfone groups is 1. The van der Waals surface area contributed by atoms with Gasteiger partial charge < -0.3 is 5.21 Å². The van der Waals surface area contributed by atoms with E-state index in [0.717, 1.165) is 4.90 Å². The van der Waals surface area contributed by atoms with Crippen LogP contribution in [0.1, 0.15) is 19.3 Å². The first-order valence-electron chi connectivity index (χ1n) is 8.87. The van der Waals surface area contributed by atoms with E-state index in [9.17, 15) is 31.6 Å². The number of halogens is 4. The summed E-state index contributed by atoms with van der Waals surface area (Å²) in [4.78, 5) is 13.6. The van der Waals surface area contributed by atoms with Gasteiger partial charge in [0.2, 0.25) is 12.1 Å². The number of pyridine rings is 1. The van der Waals surface area contributed by atoms with E-state index in [1.807, 2.05) is 0 Å². The van der Waals surface area contributed by atoms with E-state index in [1.54, 1.807) is 6.07 Å². The van der Waals surface area contributed by atoms with E-state index >= 15 is 0 Å². The molecule has 0 aromatic carbocycles. The van der Waals surface area contributed by atoms with Crippen molar-refractivity contribution in [2.24, 2.45) is 0 Å². The van der Waals surface area contributed by atoms with E-state index in [2.05, 4.69) is 11.0 Å². The molecule has 0 bridgehead atoms. The van der Waals surface area contributed by atoms with Crippen molar-refractivity contribution in [3.8, 4) is 18.0 Å². The van der Waals surface area contributed by atoms with Crippen LogP contribution in [0.5, 0.6) is 0 Å². The van der Waals surface area contributed by atoms with Crippen LogP contribution in [0.25, 0.3) is 5.69 Å². The number of alkyl halides is 3. The third-order valence-corrected chi connectivity index (χ3v) is 6.07. The summed E-state index contributed by atoms with van der Waals surface area (Å²) in [7, 11) is -3.87. The van der Waals surface area contributed by atoms with Gasteiger partial charge in [0.05, 0.1) is 24.2 Å². The summed E-state index contributed by atoms with van der Waals surface area (Å²) < 4.78 is 62.3. The van der Waals surface area contributed by atoms with Crippen LogP contribution in [0.2, 0.25) is 5.15 Å². The zero-order valence-electron chi connectivity index (χ0n) is 16.0. The summed E-state index contributed by atoms with van der Waals surface area (Å²) in [6.45, 7) is -0.241. The Kier molecular flexibility index (Phi) is 7.91. The summed E-state index contributed by atoms with van der Waals surface area (Å²) in [5, 5.41) is 15.4. The van der Waals surface area contributed by atoms with E-state index in [-0.39, 0.29) is 17.4 Å². The number of hydrogen-bond acceptors (Lipinski definition) is 5. The molecule has 2 aromatic rings. The first-order valence-corrected chi connectivity index (χ1v) is 11.1. The van der Waals surface area contributed by atoms with Gasteiger partial charge in [0.25, 0.3) is 0 Å². The minimum Gasteiger partial charge on any atom is -0.619 e. The van der Waals surface area contributed by atoms with Crippen LogP contribution in [-0.4, -0.2) is 48.3 Å². The van der Waals surface area contributed by atoms with Crippen molar-refractivity contribution < 1.29 is 31.1 Å². The number of carbonyl (C=O) groups excluding carboxylic acids is 1.